The molecule has 20 heavy (non-hydrogen) atoms. The highest BCUT2D eigenvalue weighted by atomic mass is 35.5. The molecule has 1 unspecified atom stereocenters. The topological polar surface area (TPSA) is 12.0 Å². The summed E-state index contributed by atoms with van der Waals surface area (Å²) in [5.74, 6) is 0.722. The van der Waals surface area contributed by atoms with Crippen molar-refractivity contribution in [3.8, 4) is 0 Å². The predicted molar refractivity (Wildman–Crippen MR) is 84.6 cm³/mol. The Bertz CT molecular complexity index is 648. The zero-order valence-corrected chi connectivity index (χ0v) is 12.8. The Labute approximate surface area is 131 Å². The summed E-state index contributed by atoms with van der Waals surface area (Å²) in [7, 11) is 0. The van der Waals surface area contributed by atoms with Gasteiger partial charge in [0.2, 0.25) is 0 Å². The smallest absolute Gasteiger partial charge is 0.137 e. The first kappa shape index (κ1) is 14.1. The van der Waals surface area contributed by atoms with Gasteiger partial charge in [0.15, 0.2) is 0 Å². The molecule has 0 amide bonds. The maximum absolute atomic E-state index is 13.8. The lowest BCUT2D eigenvalue weighted by molar-refractivity contribution is 0.585. The summed E-state index contributed by atoms with van der Waals surface area (Å²) in [6.07, 6.45) is 0.921. The lowest BCUT2D eigenvalue weighted by Gasteiger charge is -2.27. The van der Waals surface area contributed by atoms with Gasteiger partial charge in [0.1, 0.15) is 5.82 Å². The van der Waals surface area contributed by atoms with Crippen molar-refractivity contribution in [2.24, 2.45) is 0 Å². The summed E-state index contributed by atoms with van der Waals surface area (Å²) in [6.45, 7) is 0. The molecule has 0 bridgehead atoms. The summed E-state index contributed by atoms with van der Waals surface area (Å²) in [6, 6.07) is 10.6. The number of nitrogens with one attached hydrogen (secondary N) is 1. The van der Waals surface area contributed by atoms with Crippen LogP contribution in [0, 0.1) is 5.82 Å². The monoisotopic (exact) mass is 327 g/mol. The molecule has 104 valence electrons. The van der Waals surface area contributed by atoms with Gasteiger partial charge in [-0.2, -0.15) is 0 Å². The van der Waals surface area contributed by atoms with Crippen LogP contribution in [0.25, 0.3) is 0 Å². The van der Waals surface area contributed by atoms with E-state index in [1.165, 1.54) is 6.07 Å². The molecule has 1 nitrogen and oxygen atoms in total. The molecular formula is C15H12Cl2FNS. The first-order valence-corrected chi connectivity index (χ1v) is 8.02. The summed E-state index contributed by atoms with van der Waals surface area (Å²) in [5, 5.41) is 4.62. The van der Waals surface area contributed by atoms with Crippen molar-refractivity contribution in [1.29, 1.82) is 0 Å². The van der Waals surface area contributed by atoms with E-state index in [-0.39, 0.29) is 11.9 Å². The van der Waals surface area contributed by atoms with Gasteiger partial charge in [0, 0.05) is 15.7 Å². The first-order chi connectivity index (χ1) is 9.65. The van der Waals surface area contributed by atoms with Crippen LogP contribution in [0.4, 0.5) is 10.1 Å². The first-order valence-electron chi connectivity index (χ1n) is 6.28. The third kappa shape index (κ3) is 2.76. The third-order valence-corrected chi connectivity index (χ3v) is 5.01. The van der Waals surface area contributed by atoms with Crippen molar-refractivity contribution < 1.29 is 4.39 Å². The largest absolute Gasteiger partial charge is 0.377 e. The van der Waals surface area contributed by atoms with E-state index in [2.05, 4.69) is 5.32 Å². The van der Waals surface area contributed by atoms with Gasteiger partial charge in [-0.05, 0) is 36.2 Å². The quantitative estimate of drug-likeness (QED) is 0.750. The van der Waals surface area contributed by atoms with Crippen molar-refractivity contribution >= 4 is 40.7 Å². The Balaban J connectivity index is 1.94. The van der Waals surface area contributed by atoms with Gasteiger partial charge in [0.05, 0.1) is 16.8 Å². The van der Waals surface area contributed by atoms with Gasteiger partial charge < -0.3 is 5.32 Å². The van der Waals surface area contributed by atoms with Crippen LogP contribution in [0.1, 0.15) is 18.0 Å². The molecule has 0 radical (unpaired) electrons. The Morgan fingerprint density at radius 3 is 2.90 bits per heavy atom. The van der Waals surface area contributed by atoms with Crippen LogP contribution in [0.2, 0.25) is 10.0 Å². The van der Waals surface area contributed by atoms with E-state index >= 15 is 0 Å². The summed E-state index contributed by atoms with van der Waals surface area (Å²) in [4.78, 5) is 0.731. The molecule has 1 N–H and O–H groups in total. The Morgan fingerprint density at radius 1 is 1.20 bits per heavy atom. The minimum atomic E-state index is -0.156. The molecule has 2 aromatic carbocycles. The zero-order chi connectivity index (χ0) is 14.1. The maximum atomic E-state index is 13.8. The Morgan fingerprint density at radius 2 is 2.05 bits per heavy atom. The molecule has 0 spiro atoms. The summed E-state index contributed by atoms with van der Waals surface area (Å²) in [5.41, 5.74) is 1.77. The van der Waals surface area contributed by atoms with E-state index < -0.39 is 0 Å². The van der Waals surface area contributed by atoms with Gasteiger partial charge in [0.25, 0.3) is 0 Å². The lowest BCUT2D eigenvalue weighted by Crippen LogP contribution is -2.17. The number of halogens is 3. The lowest BCUT2D eigenvalue weighted by atomic mass is 10.0. The zero-order valence-electron chi connectivity index (χ0n) is 10.5. The molecule has 1 heterocycles. The van der Waals surface area contributed by atoms with E-state index in [0.717, 1.165) is 28.3 Å². The molecule has 3 rings (SSSR count). The van der Waals surface area contributed by atoms with Crippen LogP contribution in [-0.4, -0.2) is 5.75 Å². The van der Waals surface area contributed by atoms with Crippen LogP contribution in [0.3, 0.4) is 0 Å². The minimum absolute atomic E-state index is 0.0536. The van der Waals surface area contributed by atoms with Crippen molar-refractivity contribution in [1.82, 2.24) is 0 Å². The average molecular weight is 328 g/mol. The fraction of sp³-hybridized carbons (Fsp3) is 0.200. The number of fused-ring (bicyclic) bond motifs is 1. The maximum Gasteiger partial charge on any atom is 0.137 e. The minimum Gasteiger partial charge on any atom is -0.377 e. The molecule has 1 aliphatic rings. The number of anilines is 1. The van der Waals surface area contributed by atoms with E-state index in [1.807, 2.05) is 6.07 Å². The highest BCUT2D eigenvalue weighted by Crippen LogP contribution is 2.40. The average Bonchev–Trinajstić information content (AvgIpc) is 2.44. The molecule has 0 aromatic heterocycles. The van der Waals surface area contributed by atoms with Gasteiger partial charge >= 0.3 is 0 Å². The van der Waals surface area contributed by atoms with Crippen molar-refractivity contribution in [3.63, 3.8) is 0 Å². The van der Waals surface area contributed by atoms with E-state index in [1.54, 1.807) is 36.0 Å². The molecular weight excluding hydrogens is 316 g/mol. The number of benzene rings is 2. The SMILES string of the molecule is Fc1cccc2c1SCCC2Nc1cc(Cl)ccc1Cl. The fourth-order valence-corrected chi connectivity index (χ4v) is 3.82. The molecule has 1 atom stereocenters. The molecule has 1 aliphatic heterocycles. The fourth-order valence-electron chi connectivity index (χ4n) is 2.33. The van der Waals surface area contributed by atoms with Crippen molar-refractivity contribution in [2.75, 3.05) is 11.1 Å². The second-order valence-electron chi connectivity index (χ2n) is 4.62. The van der Waals surface area contributed by atoms with Crippen LogP contribution in [0.15, 0.2) is 41.3 Å². The normalized spacial score (nSPS) is 17.6. The molecule has 0 aliphatic carbocycles. The van der Waals surface area contributed by atoms with Gasteiger partial charge in [-0.3, -0.25) is 0 Å². The molecule has 2 aromatic rings. The highest BCUT2D eigenvalue weighted by molar-refractivity contribution is 7.99. The third-order valence-electron chi connectivity index (χ3n) is 3.28. The standard InChI is InChI=1S/C15H12Cl2FNS/c16-9-4-5-11(17)14(8-9)19-13-6-7-20-15-10(13)2-1-3-12(15)18/h1-5,8,13,19H,6-7H2. The highest BCUT2D eigenvalue weighted by Gasteiger charge is 2.23. The molecule has 0 saturated heterocycles. The van der Waals surface area contributed by atoms with Crippen LogP contribution in [0.5, 0.6) is 0 Å². The van der Waals surface area contributed by atoms with E-state index in [0.29, 0.717) is 10.0 Å². The second-order valence-corrected chi connectivity index (χ2v) is 6.57. The van der Waals surface area contributed by atoms with Gasteiger partial charge in [-0.25, -0.2) is 4.39 Å². The Kier molecular flexibility index (Phi) is 4.11. The number of hydrogen-bond donors (Lipinski definition) is 1. The van der Waals surface area contributed by atoms with Crippen LogP contribution in [-0.2, 0) is 0 Å². The summed E-state index contributed by atoms with van der Waals surface area (Å²) < 4.78 is 13.8. The predicted octanol–water partition coefficient (Wildman–Crippen LogP) is 5.78. The van der Waals surface area contributed by atoms with Crippen LogP contribution < -0.4 is 5.32 Å². The summed E-state index contributed by atoms with van der Waals surface area (Å²) >= 11 is 13.7. The Hall–Kier alpha value is -0.900. The van der Waals surface area contributed by atoms with E-state index in [4.69, 9.17) is 23.2 Å². The molecule has 5 heteroatoms. The second kappa shape index (κ2) is 5.84. The number of hydrogen-bond acceptors (Lipinski definition) is 2. The molecule has 0 saturated carbocycles. The van der Waals surface area contributed by atoms with Gasteiger partial charge in [-0.15, -0.1) is 11.8 Å². The van der Waals surface area contributed by atoms with Crippen molar-refractivity contribution in [3.05, 3.63) is 57.8 Å². The van der Waals surface area contributed by atoms with E-state index in [9.17, 15) is 4.39 Å². The van der Waals surface area contributed by atoms with Gasteiger partial charge in [-0.1, -0.05) is 35.3 Å². The van der Waals surface area contributed by atoms with Crippen LogP contribution >= 0.6 is 35.0 Å². The van der Waals surface area contributed by atoms with Crippen molar-refractivity contribution in [2.45, 2.75) is 17.4 Å². The number of rotatable bonds is 2. The molecule has 0 fully saturated rings. The number of thioether (sulfide) groups is 1.